The molecular weight excluding hydrogens is 476 g/mol. The van der Waals surface area contributed by atoms with E-state index in [0.717, 1.165) is 29.6 Å². The summed E-state index contributed by atoms with van der Waals surface area (Å²) in [7, 11) is -3.44. The average Bonchev–Trinajstić information content (AvgIpc) is 3.27. The molecule has 174 valence electrons. The molecule has 0 aliphatic carbocycles. The lowest BCUT2D eigenvalue weighted by molar-refractivity contribution is -0.111. The number of hydrogen-bond acceptors (Lipinski definition) is 5. The van der Waals surface area contributed by atoms with Crippen LogP contribution in [0.1, 0.15) is 21.5 Å². The van der Waals surface area contributed by atoms with Gasteiger partial charge in [-0.2, -0.15) is 0 Å². The first-order valence-corrected chi connectivity index (χ1v) is 12.6. The van der Waals surface area contributed by atoms with Crippen LogP contribution < -0.4 is 15.4 Å². The minimum absolute atomic E-state index is 0.0468. The van der Waals surface area contributed by atoms with Gasteiger partial charge in [-0.05, 0) is 65.7 Å². The number of carbonyl (C=O) groups is 2. The predicted octanol–water partition coefficient (Wildman–Crippen LogP) is 4.58. The van der Waals surface area contributed by atoms with Crippen molar-refractivity contribution < 1.29 is 22.7 Å². The Bertz CT molecular complexity index is 1420. The van der Waals surface area contributed by atoms with Crippen LogP contribution in [0.25, 0.3) is 6.08 Å². The van der Waals surface area contributed by atoms with Gasteiger partial charge in [-0.25, -0.2) is 8.42 Å². The van der Waals surface area contributed by atoms with Gasteiger partial charge in [0, 0.05) is 30.0 Å². The predicted molar refractivity (Wildman–Crippen MR) is 132 cm³/mol. The summed E-state index contributed by atoms with van der Waals surface area (Å²) < 4.78 is 28.9. The van der Waals surface area contributed by atoms with Crippen molar-refractivity contribution >= 4 is 50.7 Å². The second-order valence-electron chi connectivity index (χ2n) is 7.74. The number of sulfone groups is 1. The molecule has 7 nitrogen and oxygen atoms in total. The summed E-state index contributed by atoms with van der Waals surface area (Å²) in [5.74, 6) is 0.0422. The van der Waals surface area contributed by atoms with Crippen LogP contribution in [0.2, 0.25) is 5.02 Å². The number of anilines is 2. The van der Waals surface area contributed by atoms with Gasteiger partial charge in [-0.15, -0.1) is 0 Å². The molecule has 0 saturated carbocycles. The number of halogens is 1. The minimum atomic E-state index is -3.44. The quantitative estimate of drug-likeness (QED) is 0.486. The molecule has 0 unspecified atom stereocenters. The van der Waals surface area contributed by atoms with E-state index < -0.39 is 15.7 Å². The first-order chi connectivity index (χ1) is 16.2. The van der Waals surface area contributed by atoms with Crippen molar-refractivity contribution in [3.8, 4) is 5.75 Å². The lowest BCUT2D eigenvalue weighted by Gasteiger charge is -2.10. The number of hydrogen-bond donors (Lipinski definition) is 2. The summed E-state index contributed by atoms with van der Waals surface area (Å²) in [4.78, 5) is 24.9. The minimum Gasteiger partial charge on any atom is -0.493 e. The third-order valence-electron chi connectivity index (χ3n) is 5.15. The number of carbonyl (C=O) groups excluding carboxylic acids is 2. The molecule has 2 N–H and O–H groups in total. The van der Waals surface area contributed by atoms with E-state index in [1.165, 1.54) is 36.4 Å². The molecule has 0 aromatic heterocycles. The third-order valence-corrected chi connectivity index (χ3v) is 6.57. The standard InChI is InChI=1S/C25H21ClN2O5S/c1-34(31,32)20-4-2-3-18(14-20)25(30)28-22-8-7-19(15-21(22)26)27-24(29)10-6-16-5-9-23-17(13-16)11-12-33-23/h2-10,13-15H,11-12H2,1H3,(H,27,29)(H,28,30)/b10-6+. The second-order valence-corrected chi connectivity index (χ2v) is 10.2. The van der Waals surface area contributed by atoms with Crippen molar-refractivity contribution in [3.05, 3.63) is 88.5 Å². The van der Waals surface area contributed by atoms with Crippen molar-refractivity contribution in [1.82, 2.24) is 0 Å². The monoisotopic (exact) mass is 496 g/mol. The summed E-state index contributed by atoms with van der Waals surface area (Å²) in [6.45, 7) is 0.674. The van der Waals surface area contributed by atoms with Crippen LogP contribution in [0.15, 0.2) is 71.6 Å². The highest BCUT2D eigenvalue weighted by Crippen LogP contribution is 2.27. The van der Waals surface area contributed by atoms with Crippen LogP contribution in [-0.4, -0.2) is 33.1 Å². The fraction of sp³-hybridized carbons (Fsp3) is 0.120. The van der Waals surface area contributed by atoms with Crippen molar-refractivity contribution in [1.29, 1.82) is 0 Å². The fourth-order valence-electron chi connectivity index (χ4n) is 3.42. The van der Waals surface area contributed by atoms with E-state index in [2.05, 4.69) is 10.6 Å². The van der Waals surface area contributed by atoms with Crippen LogP contribution in [0.5, 0.6) is 5.75 Å². The Hall–Kier alpha value is -3.62. The van der Waals surface area contributed by atoms with Crippen LogP contribution in [-0.2, 0) is 21.1 Å². The van der Waals surface area contributed by atoms with Gasteiger partial charge in [0.1, 0.15) is 5.75 Å². The summed E-state index contributed by atoms with van der Waals surface area (Å²) in [5, 5.41) is 5.59. The average molecular weight is 497 g/mol. The van der Waals surface area contributed by atoms with E-state index in [-0.39, 0.29) is 21.4 Å². The van der Waals surface area contributed by atoms with Gasteiger partial charge in [0.2, 0.25) is 5.91 Å². The molecule has 4 rings (SSSR count). The lowest BCUT2D eigenvalue weighted by Crippen LogP contribution is -2.13. The molecule has 0 saturated heterocycles. The SMILES string of the molecule is CS(=O)(=O)c1cccc(C(=O)Nc2ccc(NC(=O)/C=C/c3ccc4c(c3)CCO4)cc2Cl)c1. The fourth-order valence-corrected chi connectivity index (χ4v) is 4.32. The van der Waals surface area contributed by atoms with E-state index in [1.54, 1.807) is 18.2 Å². The molecule has 34 heavy (non-hydrogen) atoms. The van der Waals surface area contributed by atoms with Crippen molar-refractivity contribution in [2.45, 2.75) is 11.3 Å². The zero-order valence-corrected chi connectivity index (χ0v) is 19.7. The zero-order chi connectivity index (χ0) is 24.3. The van der Waals surface area contributed by atoms with E-state index in [0.29, 0.717) is 18.0 Å². The van der Waals surface area contributed by atoms with E-state index in [4.69, 9.17) is 16.3 Å². The van der Waals surface area contributed by atoms with Crippen molar-refractivity contribution in [2.75, 3.05) is 23.5 Å². The molecule has 2 amide bonds. The van der Waals surface area contributed by atoms with Crippen LogP contribution >= 0.6 is 11.6 Å². The molecule has 0 fully saturated rings. The van der Waals surface area contributed by atoms with Crippen LogP contribution in [0.3, 0.4) is 0 Å². The van der Waals surface area contributed by atoms with E-state index in [9.17, 15) is 18.0 Å². The Morgan fingerprint density at radius 2 is 1.85 bits per heavy atom. The Balaban J connectivity index is 1.40. The summed E-state index contributed by atoms with van der Waals surface area (Å²) in [5.41, 5.74) is 2.98. The maximum absolute atomic E-state index is 12.5. The van der Waals surface area contributed by atoms with Crippen molar-refractivity contribution in [3.63, 3.8) is 0 Å². The van der Waals surface area contributed by atoms with Gasteiger partial charge in [-0.1, -0.05) is 23.7 Å². The van der Waals surface area contributed by atoms with Gasteiger partial charge in [0.15, 0.2) is 9.84 Å². The number of benzene rings is 3. The lowest BCUT2D eigenvalue weighted by atomic mass is 10.1. The molecule has 0 bridgehead atoms. The van der Waals surface area contributed by atoms with Crippen molar-refractivity contribution in [2.24, 2.45) is 0 Å². The third kappa shape index (κ3) is 5.65. The Labute approximate surface area is 202 Å². The highest BCUT2D eigenvalue weighted by Gasteiger charge is 2.14. The molecule has 0 spiro atoms. The molecule has 0 radical (unpaired) electrons. The molecule has 0 atom stereocenters. The Morgan fingerprint density at radius 3 is 2.62 bits per heavy atom. The van der Waals surface area contributed by atoms with Gasteiger partial charge >= 0.3 is 0 Å². The molecule has 9 heteroatoms. The number of nitrogens with one attached hydrogen (secondary N) is 2. The zero-order valence-electron chi connectivity index (χ0n) is 18.2. The molecule has 3 aromatic carbocycles. The van der Waals surface area contributed by atoms with Gasteiger partial charge in [-0.3, -0.25) is 9.59 Å². The Kier molecular flexibility index (Phi) is 6.72. The van der Waals surface area contributed by atoms with Gasteiger partial charge in [0.25, 0.3) is 5.91 Å². The molecule has 1 aliphatic rings. The van der Waals surface area contributed by atoms with Crippen LogP contribution in [0, 0.1) is 0 Å². The molecule has 1 aliphatic heterocycles. The number of amides is 2. The van der Waals surface area contributed by atoms with Crippen LogP contribution in [0.4, 0.5) is 11.4 Å². The first kappa shape index (κ1) is 23.5. The topological polar surface area (TPSA) is 102 Å². The molecule has 1 heterocycles. The van der Waals surface area contributed by atoms with Gasteiger partial charge in [0.05, 0.1) is 22.2 Å². The number of rotatable bonds is 6. The highest BCUT2D eigenvalue weighted by atomic mass is 35.5. The van der Waals surface area contributed by atoms with E-state index >= 15 is 0 Å². The normalized spacial score (nSPS) is 12.8. The van der Waals surface area contributed by atoms with Gasteiger partial charge < -0.3 is 15.4 Å². The largest absolute Gasteiger partial charge is 0.493 e. The number of ether oxygens (including phenoxy) is 1. The maximum Gasteiger partial charge on any atom is 0.255 e. The molecule has 3 aromatic rings. The maximum atomic E-state index is 12.5. The summed E-state index contributed by atoms with van der Waals surface area (Å²) in [6.07, 6.45) is 5.07. The summed E-state index contributed by atoms with van der Waals surface area (Å²) >= 11 is 6.28. The molecular formula is C25H21ClN2O5S. The summed E-state index contributed by atoms with van der Waals surface area (Å²) in [6, 6.07) is 16.2. The van der Waals surface area contributed by atoms with E-state index in [1.807, 2.05) is 18.2 Å². The number of fused-ring (bicyclic) bond motifs is 1. The Morgan fingerprint density at radius 1 is 1.03 bits per heavy atom. The highest BCUT2D eigenvalue weighted by molar-refractivity contribution is 7.90. The first-order valence-electron chi connectivity index (χ1n) is 10.3. The second kappa shape index (κ2) is 9.70. The smallest absolute Gasteiger partial charge is 0.255 e.